The second-order valence-electron chi connectivity index (χ2n) is 6.25. The van der Waals surface area contributed by atoms with E-state index in [0.29, 0.717) is 35.0 Å². The Labute approximate surface area is 173 Å². The Kier molecular flexibility index (Phi) is 7.00. The number of amides is 2. The van der Waals surface area contributed by atoms with E-state index < -0.39 is 0 Å². The van der Waals surface area contributed by atoms with Crippen molar-refractivity contribution in [2.45, 2.75) is 6.92 Å². The SMILES string of the molecule is CCOc1ccccc1NC(=O)COc1ccc(C(=O)Nc2ccc(F)cc2)cc1. The van der Waals surface area contributed by atoms with Crippen molar-refractivity contribution < 1.29 is 23.5 Å². The molecule has 0 bridgehead atoms. The monoisotopic (exact) mass is 408 g/mol. The number of rotatable bonds is 8. The minimum Gasteiger partial charge on any atom is -0.492 e. The zero-order valence-electron chi connectivity index (χ0n) is 16.4. The van der Waals surface area contributed by atoms with Crippen LogP contribution < -0.4 is 20.1 Å². The van der Waals surface area contributed by atoms with E-state index in [0.717, 1.165) is 0 Å². The van der Waals surface area contributed by atoms with Crippen molar-refractivity contribution in [2.24, 2.45) is 0 Å². The van der Waals surface area contributed by atoms with Gasteiger partial charge in [-0.2, -0.15) is 0 Å². The summed E-state index contributed by atoms with van der Waals surface area (Å²) in [5.41, 5.74) is 1.47. The average Bonchev–Trinajstić information content (AvgIpc) is 2.76. The lowest BCUT2D eigenvalue weighted by atomic mass is 10.2. The van der Waals surface area contributed by atoms with E-state index in [9.17, 15) is 14.0 Å². The standard InChI is InChI=1S/C23H21FN2O4/c1-2-29-21-6-4-3-5-20(21)26-22(27)15-30-19-13-7-16(8-14-19)23(28)25-18-11-9-17(24)10-12-18/h3-14H,2,15H2,1H3,(H,25,28)(H,26,27). The highest BCUT2D eigenvalue weighted by molar-refractivity contribution is 6.04. The summed E-state index contributed by atoms with van der Waals surface area (Å²) in [6, 6.07) is 19.0. The smallest absolute Gasteiger partial charge is 0.262 e. The highest BCUT2D eigenvalue weighted by atomic mass is 19.1. The first-order valence-corrected chi connectivity index (χ1v) is 9.36. The summed E-state index contributed by atoms with van der Waals surface area (Å²) in [4.78, 5) is 24.4. The van der Waals surface area contributed by atoms with Gasteiger partial charge in [0.25, 0.3) is 11.8 Å². The number of halogens is 1. The summed E-state index contributed by atoms with van der Waals surface area (Å²) in [5.74, 6) is -0.00919. The quantitative estimate of drug-likeness (QED) is 0.576. The predicted octanol–water partition coefficient (Wildman–Crippen LogP) is 4.49. The fourth-order valence-corrected chi connectivity index (χ4v) is 2.63. The molecular formula is C23H21FN2O4. The number of hydrogen-bond acceptors (Lipinski definition) is 4. The van der Waals surface area contributed by atoms with E-state index in [1.165, 1.54) is 24.3 Å². The van der Waals surface area contributed by atoms with E-state index >= 15 is 0 Å². The molecule has 0 unspecified atom stereocenters. The van der Waals surface area contributed by atoms with Gasteiger partial charge in [0.1, 0.15) is 17.3 Å². The molecule has 0 aliphatic carbocycles. The van der Waals surface area contributed by atoms with Crippen LogP contribution in [0.25, 0.3) is 0 Å². The van der Waals surface area contributed by atoms with Crippen LogP contribution in [-0.2, 0) is 4.79 Å². The van der Waals surface area contributed by atoms with E-state index in [1.807, 2.05) is 13.0 Å². The third-order valence-electron chi connectivity index (χ3n) is 4.05. The summed E-state index contributed by atoms with van der Waals surface area (Å²) in [7, 11) is 0. The molecule has 3 aromatic rings. The van der Waals surface area contributed by atoms with Gasteiger partial charge >= 0.3 is 0 Å². The second kappa shape index (κ2) is 10.1. The molecule has 2 amide bonds. The number of hydrogen-bond donors (Lipinski definition) is 2. The maximum Gasteiger partial charge on any atom is 0.262 e. The predicted molar refractivity (Wildman–Crippen MR) is 113 cm³/mol. The number of para-hydroxylation sites is 2. The molecule has 30 heavy (non-hydrogen) atoms. The maximum absolute atomic E-state index is 12.9. The lowest BCUT2D eigenvalue weighted by Gasteiger charge is -2.12. The Hall–Kier alpha value is -3.87. The lowest BCUT2D eigenvalue weighted by Crippen LogP contribution is -2.20. The highest BCUT2D eigenvalue weighted by Gasteiger charge is 2.10. The number of nitrogens with one attached hydrogen (secondary N) is 2. The first-order valence-electron chi connectivity index (χ1n) is 9.36. The lowest BCUT2D eigenvalue weighted by molar-refractivity contribution is -0.118. The molecule has 0 saturated heterocycles. The second-order valence-corrected chi connectivity index (χ2v) is 6.25. The highest BCUT2D eigenvalue weighted by Crippen LogP contribution is 2.23. The van der Waals surface area contributed by atoms with Gasteiger partial charge in [-0.3, -0.25) is 9.59 Å². The van der Waals surface area contributed by atoms with E-state index in [1.54, 1.807) is 42.5 Å². The molecule has 0 radical (unpaired) electrons. The van der Waals surface area contributed by atoms with Crippen LogP contribution in [0.15, 0.2) is 72.8 Å². The van der Waals surface area contributed by atoms with Gasteiger partial charge in [0.15, 0.2) is 6.61 Å². The van der Waals surface area contributed by atoms with Crippen LogP contribution in [0.2, 0.25) is 0 Å². The number of carbonyl (C=O) groups excluding carboxylic acids is 2. The molecular weight excluding hydrogens is 387 g/mol. The molecule has 6 nitrogen and oxygen atoms in total. The van der Waals surface area contributed by atoms with Crippen LogP contribution in [0.1, 0.15) is 17.3 Å². The molecule has 7 heteroatoms. The van der Waals surface area contributed by atoms with Crippen molar-refractivity contribution in [3.63, 3.8) is 0 Å². The molecule has 0 heterocycles. The first kappa shape index (κ1) is 20.9. The molecule has 3 aromatic carbocycles. The third kappa shape index (κ3) is 5.81. The van der Waals surface area contributed by atoms with Gasteiger partial charge in [-0.05, 0) is 67.6 Å². The van der Waals surface area contributed by atoms with Gasteiger partial charge in [0.05, 0.1) is 12.3 Å². The largest absolute Gasteiger partial charge is 0.492 e. The summed E-state index contributed by atoms with van der Waals surface area (Å²) in [5, 5.41) is 5.42. The summed E-state index contributed by atoms with van der Waals surface area (Å²) < 4.78 is 23.9. The maximum atomic E-state index is 12.9. The molecule has 2 N–H and O–H groups in total. The van der Waals surface area contributed by atoms with Crippen molar-refractivity contribution >= 4 is 23.2 Å². The Morgan fingerprint density at radius 1 is 0.867 bits per heavy atom. The summed E-state index contributed by atoms with van der Waals surface area (Å²) in [6.07, 6.45) is 0. The molecule has 154 valence electrons. The Morgan fingerprint density at radius 2 is 1.57 bits per heavy atom. The third-order valence-corrected chi connectivity index (χ3v) is 4.05. The van der Waals surface area contributed by atoms with Crippen molar-refractivity contribution in [2.75, 3.05) is 23.8 Å². The first-order chi connectivity index (χ1) is 14.5. The number of ether oxygens (including phenoxy) is 2. The van der Waals surface area contributed by atoms with E-state index in [2.05, 4.69) is 10.6 Å². The molecule has 0 aliphatic rings. The van der Waals surface area contributed by atoms with Crippen molar-refractivity contribution in [3.8, 4) is 11.5 Å². The van der Waals surface area contributed by atoms with Gasteiger partial charge in [-0.15, -0.1) is 0 Å². The van der Waals surface area contributed by atoms with Crippen molar-refractivity contribution in [1.29, 1.82) is 0 Å². The Bertz CT molecular complexity index is 1000. The van der Waals surface area contributed by atoms with Gasteiger partial charge in [0.2, 0.25) is 0 Å². The number of anilines is 2. The van der Waals surface area contributed by atoms with Crippen LogP contribution in [0.4, 0.5) is 15.8 Å². The minimum absolute atomic E-state index is 0.193. The number of carbonyl (C=O) groups is 2. The average molecular weight is 408 g/mol. The molecule has 0 aliphatic heterocycles. The Morgan fingerprint density at radius 3 is 2.27 bits per heavy atom. The fraction of sp³-hybridized carbons (Fsp3) is 0.130. The van der Waals surface area contributed by atoms with Gasteiger partial charge < -0.3 is 20.1 Å². The van der Waals surface area contributed by atoms with E-state index in [-0.39, 0.29) is 24.2 Å². The van der Waals surface area contributed by atoms with Crippen molar-refractivity contribution in [3.05, 3.63) is 84.2 Å². The van der Waals surface area contributed by atoms with Crippen LogP contribution in [0.5, 0.6) is 11.5 Å². The van der Waals surface area contributed by atoms with Gasteiger partial charge in [0, 0.05) is 11.3 Å². The molecule has 0 atom stereocenters. The molecule has 0 fully saturated rings. The van der Waals surface area contributed by atoms with Gasteiger partial charge in [-0.1, -0.05) is 12.1 Å². The van der Waals surface area contributed by atoms with Crippen molar-refractivity contribution in [1.82, 2.24) is 0 Å². The zero-order valence-corrected chi connectivity index (χ0v) is 16.4. The van der Waals surface area contributed by atoms with Crippen LogP contribution in [-0.4, -0.2) is 25.0 Å². The number of benzene rings is 3. The van der Waals surface area contributed by atoms with Crippen LogP contribution in [0, 0.1) is 5.82 Å². The minimum atomic E-state index is -0.375. The topological polar surface area (TPSA) is 76.7 Å². The zero-order chi connectivity index (χ0) is 21.3. The van der Waals surface area contributed by atoms with Gasteiger partial charge in [-0.25, -0.2) is 4.39 Å². The molecule has 0 saturated carbocycles. The molecule has 0 spiro atoms. The van der Waals surface area contributed by atoms with E-state index in [4.69, 9.17) is 9.47 Å². The molecule has 3 rings (SSSR count). The molecule has 0 aromatic heterocycles. The summed E-state index contributed by atoms with van der Waals surface area (Å²) >= 11 is 0. The summed E-state index contributed by atoms with van der Waals surface area (Å²) in [6.45, 7) is 2.16. The van der Waals surface area contributed by atoms with Crippen LogP contribution >= 0.6 is 0 Å². The fourth-order valence-electron chi connectivity index (χ4n) is 2.63. The normalized spacial score (nSPS) is 10.2. The van der Waals surface area contributed by atoms with Crippen LogP contribution in [0.3, 0.4) is 0 Å². The Balaban J connectivity index is 1.52.